The zero-order chi connectivity index (χ0) is 40.5. The number of benzene rings is 3. The van der Waals surface area contributed by atoms with E-state index in [-0.39, 0.29) is 23.9 Å². The van der Waals surface area contributed by atoms with Crippen LogP contribution in [0.25, 0.3) is 11.3 Å². The van der Waals surface area contributed by atoms with Crippen LogP contribution >= 0.6 is 0 Å². The van der Waals surface area contributed by atoms with Gasteiger partial charge >= 0.3 is 6.03 Å². The monoisotopic (exact) mass is 799 g/mol. The van der Waals surface area contributed by atoms with Crippen LogP contribution in [-0.2, 0) is 9.59 Å². The lowest BCUT2D eigenvalue weighted by atomic mass is 9.67. The number of urea groups is 1. The van der Waals surface area contributed by atoms with Crippen molar-refractivity contribution in [2.24, 2.45) is 17.1 Å². The molecule has 4 fully saturated rings. The number of hydrogen-bond acceptors (Lipinski definition) is 9. The minimum absolute atomic E-state index is 0.113. The molecule has 4 aliphatic heterocycles. The fraction of sp³-hybridized carbons (Fsp3) is 0.444. The lowest BCUT2D eigenvalue weighted by molar-refractivity contribution is -0.134. The van der Waals surface area contributed by atoms with E-state index in [1.54, 1.807) is 4.90 Å². The number of hydrogen-bond donors (Lipinski definition) is 4. The highest BCUT2D eigenvalue weighted by Crippen LogP contribution is 2.45. The van der Waals surface area contributed by atoms with Gasteiger partial charge in [0.25, 0.3) is 5.91 Å². The first-order valence-corrected chi connectivity index (χ1v) is 21.2. The fourth-order valence-corrected chi connectivity index (χ4v) is 9.96. The highest BCUT2D eigenvalue weighted by molar-refractivity contribution is 6.05. The molecule has 14 heteroatoms. The van der Waals surface area contributed by atoms with Crippen molar-refractivity contribution in [1.29, 1.82) is 0 Å². The van der Waals surface area contributed by atoms with Crippen molar-refractivity contribution in [1.82, 2.24) is 24.9 Å². The van der Waals surface area contributed by atoms with E-state index >= 15 is 0 Å². The summed E-state index contributed by atoms with van der Waals surface area (Å²) < 4.78 is 7.96. The van der Waals surface area contributed by atoms with Crippen molar-refractivity contribution >= 4 is 40.9 Å². The Morgan fingerprint density at radius 2 is 1.58 bits per heavy atom. The summed E-state index contributed by atoms with van der Waals surface area (Å²) >= 11 is 0. The van der Waals surface area contributed by atoms with E-state index in [0.29, 0.717) is 59.6 Å². The van der Waals surface area contributed by atoms with Crippen molar-refractivity contribution in [2.75, 3.05) is 61.3 Å². The molecule has 5 heterocycles. The number of anilines is 3. The number of carbonyl (C=O) groups excluding carboxylic acids is 4. The second kappa shape index (κ2) is 16.4. The Hall–Kier alpha value is -5.89. The van der Waals surface area contributed by atoms with Gasteiger partial charge in [0.2, 0.25) is 11.8 Å². The molecule has 9 rings (SSSR count). The number of piperidine rings is 1. The molecule has 3 saturated heterocycles. The summed E-state index contributed by atoms with van der Waals surface area (Å²) in [5.41, 5.74) is 9.93. The number of fused-ring (bicyclic) bond motifs is 1. The summed E-state index contributed by atoms with van der Waals surface area (Å²) in [6.07, 6.45) is 8.11. The number of rotatable bonds is 11. The molecule has 1 aromatic heterocycles. The Balaban J connectivity index is 0.724. The summed E-state index contributed by atoms with van der Waals surface area (Å²) in [5.74, 6) is 1.96. The van der Waals surface area contributed by atoms with Crippen LogP contribution in [0.2, 0.25) is 0 Å². The third-order valence-electron chi connectivity index (χ3n) is 13.2. The van der Waals surface area contributed by atoms with Gasteiger partial charge in [0.15, 0.2) is 0 Å². The normalized spacial score (nSPS) is 21.0. The number of ether oxygens (including phenoxy) is 1. The second-order valence-electron chi connectivity index (χ2n) is 17.0. The maximum Gasteiger partial charge on any atom is 0.328 e. The van der Waals surface area contributed by atoms with Crippen molar-refractivity contribution in [3.8, 4) is 22.8 Å². The predicted molar refractivity (Wildman–Crippen MR) is 225 cm³/mol. The average molecular weight is 800 g/mol. The molecule has 1 atom stereocenters. The van der Waals surface area contributed by atoms with Crippen molar-refractivity contribution in [3.05, 3.63) is 84.4 Å². The topological polar surface area (TPSA) is 167 Å². The van der Waals surface area contributed by atoms with Gasteiger partial charge in [-0.2, -0.15) is 5.10 Å². The number of para-hydroxylation sites is 1. The number of nitrogens with two attached hydrogens (primary N) is 1. The summed E-state index contributed by atoms with van der Waals surface area (Å²) in [6, 6.07) is 25.2. The van der Waals surface area contributed by atoms with Gasteiger partial charge in [-0.15, -0.1) is 0 Å². The van der Waals surface area contributed by atoms with Crippen LogP contribution in [0.4, 0.5) is 22.0 Å². The van der Waals surface area contributed by atoms with Crippen molar-refractivity contribution in [3.63, 3.8) is 0 Å². The van der Waals surface area contributed by atoms with E-state index in [0.717, 1.165) is 94.1 Å². The molecular formula is C45H53N9O5. The molecule has 5 N–H and O–H groups in total. The Morgan fingerprint density at radius 1 is 0.864 bits per heavy atom. The van der Waals surface area contributed by atoms with E-state index in [1.807, 2.05) is 88.4 Å². The lowest BCUT2D eigenvalue weighted by Crippen LogP contribution is -2.58. The standard InChI is InChI=1S/C45H53N9O5/c46-42(57)40-41(31-6-12-36(13-7-31)59-35-4-2-1-3-5-35)50-54-37(16-23-47-43(40)54)30-17-25-52(26-18-30)39(56)20-24-51-28-45(29-51)21-14-33(15-22-45)48-32-8-10-34(11-9-32)53-27-19-38(55)49-44(53)58/h1-13,30,33,37,47-48H,14-29H2,(H2,46,57)(H,49,55,58)/t37-/m0/s1. The number of nitrogens with one attached hydrogen (secondary N) is 3. The van der Waals surface area contributed by atoms with E-state index in [4.69, 9.17) is 15.6 Å². The molecule has 5 amide bonds. The Kier molecular flexibility index (Phi) is 10.7. The summed E-state index contributed by atoms with van der Waals surface area (Å²) in [4.78, 5) is 56.0. The zero-order valence-corrected chi connectivity index (χ0v) is 33.4. The van der Waals surface area contributed by atoms with Gasteiger partial charge < -0.3 is 30.9 Å². The molecule has 1 saturated carbocycles. The minimum atomic E-state index is -0.510. The lowest BCUT2D eigenvalue weighted by Gasteiger charge is -2.54. The fourth-order valence-electron chi connectivity index (χ4n) is 9.96. The number of aromatic nitrogens is 2. The summed E-state index contributed by atoms with van der Waals surface area (Å²) in [5, 5.41) is 14.5. The number of likely N-dealkylation sites (tertiary alicyclic amines) is 2. The molecule has 308 valence electrons. The molecule has 1 spiro atoms. The van der Waals surface area contributed by atoms with Crippen LogP contribution in [0, 0.1) is 11.3 Å². The molecule has 4 aromatic rings. The third-order valence-corrected chi connectivity index (χ3v) is 13.2. The van der Waals surface area contributed by atoms with Crippen LogP contribution in [0.5, 0.6) is 11.5 Å². The average Bonchev–Trinajstić information content (AvgIpc) is 3.64. The van der Waals surface area contributed by atoms with Gasteiger partial charge in [-0.3, -0.25) is 24.6 Å². The largest absolute Gasteiger partial charge is 0.457 e. The van der Waals surface area contributed by atoms with Crippen LogP contribution < -0.4 is 31.3 Å². The van der Waals surface area contributed by atoms with Crippen LogP contribution in [0.3, 0.4) is 0 Å². The van der Waals surface area contributed by atoms with Crippen LogP contribution in [-0.4, -0.2) is 95.2 Å². The van der Waals surface area contributed by atoms with E-state index in [2.05, 4.69) is 20.9 Å². The van der Waals surface area contributed by atoms with Gasteiger partial charge in [0.1, 0.15) is 28.6 Å². The quantitative estimate of drug-likeness (QED) is 0.138. The first-order valence-electron chi connectivity index (χ1n) is 21.2. The zero-order valence-electron chi connectivity index (χ0n) is 33.4. The van der Waals surface area contributed by atoms with Gasteiger partial charge in [-0.25, -0.2) is 9.48 Å². The minimum Gasteiger partial charge on any atom is -0.457 e. The maximum atomic E-state index is 13.4. The smallest absolute Gasteiger partial charge is 0.328 e. The molecule has 0 radical (unpaired) electrons. The van der Waals surface area contributed by atoms with E-state index in [1.165, 1.54) is 12.8 Å². The maximum absolute atomic E-state index is 13.4. The van der Waals surface area contributed by atoms with Gasteiger partial charge in [0.05, 0.1) is 6.04 Å². The molecular weight excluding hydrogens is 747 g/mol. The molecule has 14 nitrogen and oxygen atoms in total. The molecule has 0 bridgehead atoms. The molecule has 1 aliphatic carbocycles. The van der Waals surface area contributed by atoms with E-state index in [9.17, 15) is 19.2 Å². The number of carbonyl (C=O) groups is 4. The highest BCUT2D eigenvalue weighted by Gasteiger charge is 2.45. The van der Waals surface area contributed by atoms with E-state index < -0.39 is 5.91 Å². The third kappa shape index (κ3) is 8.23. The predicted octanol–water partition coefficient (Wildman–Crippen LogP) is 6.23. The van der Waals surface area contributed by atoms with Gasteiger partial charge in [0, 0.05) is 81.6 Å². The highest BCUT2D eigenvalue weighted by atomic mass is 16.5. The molecule has 0 unspecified atom stereocenters. The molecule has 59 heavy (non-hydrogen) atoms. The number of imide groups is 1. The van der Waals surface area contributed by atoms with Crippen LogP contribution in [0.15, 0.2) is 78.9 Å². The summed E-state index contributed by atoms with van der Waals surface area (Å²) in [6.45, 7) is 5.53. The summed E-state index contributed by atoms with van der Waals surface area (Å²) in [7, 11) is 0. The first-order chi connectivity index (χ1) is 28.7. The number of amides is 5. The Morgan fingerprint density at radius 3 is 2.27 bits per heavy atom. The van der Waals surface area contributed by atoms with Gasteiger partial charge in [-0.1, -0.05) is 18.2 Å². The Labute approximate surface area is 344 Å². The number of nitrogens with zero attached hydrogens (tertiary/aromatic N) is 5. The molecule has 5 aliphatic rings. The molecule has 3 aromatic carbocycles. The van der Waals surface area contributed by atoms with Crippen molar-refractivity contribution in [2.45, 2.75) is 69.9 Å². The number of primary amides is 1. The van der Waals surface area contributed by atoms with Crippen LogP contribution in [0.1, 0.15) is 74.2 Å². The van der Waals surface area contributed by atoms with Gasteiger partial charge in [-0.05, 0) is 117 Å². The Bertz CT molecular complexity index is 2170. The SMILES string of the molecule is NC(=O)c1c(-c2ccc(Oc3ccccc3)cc2)nn2c1NCC[C@H]2C1CCN(C(=O)CCN2CC3(CCC(Nc4ccc(N5CCC(=O)NC5=O)cc4)CC3)C2)CC1. The first kappa shape index (κ1) is 38.6. The van der Waals surface area contributed by atoms with Crippen molar-refractivity contribution < 1.29 is 23.9 Å². The second-order valence-corrected chi connectivity index (χ2v) is 17.0.